The standard InChI is InChI=1S/C17H11ClN4O2/c18-10-5-7-11(8-6-10)19-15(23)9-14-16(24)21-17-20-12-3-1-2-4-13(12)22(14)17/h1-9H,(H,19,23)(H,20,21,24)/b14-9+. The van der Waals surface area contributed by atoms with Crippen LogP contribution in [0.25, 0.3) is 22.9 Å². The van der Waals surface area contributed by atoms with Crippen molar-refractivity contribution < 1.29 is 4.79 Å². The second-order valence-electron chi connectivity index (χ2n) is 5.24. The Labute approximate surface area is 140 Å². The molecule has 2 aromatic carbocycles. The Bertz CT molecular complexity index is 1180. The normalized spacial score (nSPS) is 12.1. The molecule has 0 bridgehead atoms. The Hall–Kier alpha value is -3.12. The van der Waals surface area contributed by atoms with Crippen LogP contribution in [0.15, 0.2) is 53.3 Å². The molecule has 0 fully saturated rings. The van der Waals surface area contributed by atoms with Gasteiger partial charge >= 0.3 is 0 Å². The largest absolute Gasteiger partial charge is 0.322 e. The predicted molar refractivity (Wildman–Crippen MR) is 93.1 cm³/mol. The third-order valence-corrected chi connectivity index (χ3v) is 3.89. The van der Waals surface area contributed by atoms with Gasteiger partial charge in [0.25, 0.3) is 11.5 Å². The third kappa shape index (κ3) is 2.43. The average Bonchev–Trinajstić information content (AvgIpc) is 3.06. The lowest BCUT2D eigenvalue weighted by atomic mass is 10.3. The summed E-state index contributed by atoms with van der Waals surface area (Å²) in [5, 5.41) is 3.51. The predicted octanol–water partition coefficient (Wildman–Crippen LogP) is 1.97. The van der Waals surface area contributed by atoms with Crippen molar-refractivity contribution in [3.63, 3.8) is 0 Å². The first kappa shape index (κ1) is 14.5. The van der Waals surface area contributed by atoms with Crippen LogP contribution in [-0.2, 0) is 4.79 Å². The number of nitrogens with one attached hydrogen (secondary N) is 2. The number of rotatable bonds is 2. The Balaban J connectivity index is 1.81. The number of halogens is 1. The molecule has 24 heavy (non-hydrogen) atoms. The van der Waals surface area contributed by atoms with Crippen LogP contribution in [-0.4, -0.2) is 20.3 Å². The number of imidazole rings is 2. The minimum atomic E-state index is -0.409. The summed E-state index contributed by atoms with van der Waals surface area (Å²) in [6.07, 6.45) is 1.26. The lowest BCUT2D eigenvalue weighted by Crippen LogP contribution is -2.28. The molecule has 118 valence electrons. The highest BCUT2D eigenvalue weighted by atomic mass is 35.5. The van der Waals surface area contributed by atoms with Gasteiger partial charge in [0.2, 0.25) is 5.78 Å². The zero-order valence-corrected chi connectivity index (χ0v) is 13.0. The maximum Gasteiger partial charge on any atom is 0.275 e. The molecule has 0 aliphatic heterocycles. The van der Waals surface area contributed by atoms with Gasteiger partial charge in [-0.1, -0.05) is 23.7 Å². The van der Waals surface area contributed by atoms with Gasteiger partial charge in [-0.3, -0.25) is 19.0 Å². The fourth-order valence-corrected chi connectivity index (χ4v) is 2.71. The number of carbonyl (C=O) groups is 1. The van der Waals surface area contributed by atoms with E-state index in [4.69, 9.17) is 11.6 Å². The zero-order chi connectivity index (χ0) is 16.7. The van der Waals surface area contributed by atoms with Crippen LogP contribution in [0.3, 0.4) is 0 Å². The highest BCUT2D eigenvalue weighted by Gasteiger charge is 2.10. The minimum Gasteiger partial charge on any atom is -0.322 e. The summed E-state index contributed by atoms with van der Waals surface area (Å²) in [6.45, 7) is 0. The number of fused-ring (bicyclic) bond motifs is 3. The number of carbonyl (C=O) groups excluding carboxylic acids is 1. The van der Waals surface area contributed by atoms with Gasteiger partial charge in [0.15, 0.2) is 0 Å². The first-order valence-corrected chi connectivity index (χ1v) is 7.57. The summed E-state index contributed by atoms with van der Waals surface area (Å²) in [5.41, 5.74) is 1.73. The lowest BCUT2D eigenvalue weighted by molar-refractivity contribution is -0.110. The van der Waals surface area contributed by atoms with E-state index in [2.05, 4.69) is 15.3 Å². The van der Waals surface area contributed by atoms with Crippen molar-refractivity contribution in [2.75, 3.05) is 5.32 Å². The first-order chi connectivity index (χ1) is 11.6. The fraction of sp³-hybridized carbons (Fsp3) is 0. The van der Waals surface area contributed by atoms with Crippen LogP contribution in [0.5, 0.6) is 0 Å². The second kappa shape index (κ2) is 5.50. The summed E-state index contributed by atoms with van der Waals surface area (Å²) in [6, 6.07) is 14.1. The summed E-state index contributed by atoms with van der Waals surface area (Å²) >= 11 is 5.82. The molecule has 2 heterocycles. The summed E-state index contributed by atoms with van der Waals surface area (Å²) in [5.74, 6) is -0.000142. The molecule has 0 radical (unpaired) electrons. The van der Waals surface area contributed by atoms with Crippen LogP contribution in [0.4, 0.5) is 5.69 Å². The molecule has 4 rings (SSSR count). The van der Waals surface area contributed by atoms with Gasteiger partial charge in [-0.25, -0.2) is 4.98 Å². The molecule has 2 aromatic heterocycles. The van der Waals surface area contributed by atoms with Crippen LogP contribution < -0.4 is 16.2 Å². The van der Waals surface area contributed by atoms with Crippen molar-refractivity contribution in [1.29, 1.82) is 0 Å². The Morgan fingerprint density at radius 3 is 2.71 bits per heavy atom. The number of anilines is 1. The molecule has 0 unspecified atom stereocenters. The zero-order valence-electron chi connectivity index (χ0n) is 12.3. The van der Waals surface area contributed by atoms with Crippen LogP contribution >= 0.6 is 11.6 Å². The molecule has 0 aliphatic rings. The molecule has 0 spiro atoms. The smallest absolute Gasteiger partial charge is 0.275 e. The van der Waals surface area contributed by atoms with Gasteiger partial charge < -0.3 is 5.32 Å². The number of aromatic nitrogens is 3. The van der Waals surface area contributed by atoms with Crippen molar-refractivity contribution in [3.05, 3.63) is 69.3 Å². The molecule has 0 aliphatic carbocycles. The van der Waals surface area contributed by atoms with E-state index < -0.39 is 5.91 Å². The van der Waals surface area contributed by atoms with Crippen molar-refractivity contribution >= 4 is 46.1 Å². The molecule has 4 aromatic rings. The number of hydrogen-bond acceptors (Lipinski definition) is 3. The van der Waals surface area contributed by atoms with E-state index in [0.717, 1.165) is 11.0 Å². The molecule has 0 saturated carbocycles. The highest BCUT2D eigenvalue weighted by Crippen LogP contribution is 2.14. The van der Waals surface area contributed by atoms with Crippen molar-refractivity contribution in [2.45, 2.75) is 0 Å². The fourth-order valence-electron chi connectivity index (χ4n) is 2.59. The van der Waals surface area contributed by atoms with Crippen molar-refractivity contribution in [1.82, 2.24) is 14.4 Å². The Morgan fingerprint density at radius 2 is 1.92 bits per heavy atom. The molecular formula is C17H11ClN4O2. The monoisotopic (exact) mass is 338 g/mol. The van der Waals surface area contributed by atoms with E-state index in [9.17, 15) is 9.59 Å². The average molecular weight is 339 g/mol. The molecular weight excluding hydrogens is 328 g/mol. The number of amides is 1. The van der Waals surface area contributed by atoms with E-state index in [-0.39, 0.29) is 10.9 Å². The number of hydrogen-bond donors (Lipinski definition) is 2. The van der Waals surface area contributed by atoms with E-state index in [1.54, 1.807) is 28.7 Å². The van der Waals surface area contributed by atoms with Crippen LogP contribution in [0.2, 0.25) is 5.02 Å². The first-order valence-electron chi connectivity index (χ1n) is 7.19. The maximum absolute atomic E-state index is 12.2. The van der Waals surface area contributed by atoms with Gasteiger partial charge in [-0.2, -0.15) is 0 Å². The molecule has 1 amide bonds. The topological polar surface area (TPSA) is 79.3 Å². The number of aromatic amines is 1. The molecule has 0 atom stereocenters. The minimum absolute atomic E-state index is 0.227. The van der Waals surface area contributed by atoms with Crippen molar-refractivity contribution in [3.8, 4) is 0 Å². The van der Waals surface area contributed by atoms with Gasteiger partial charge in [-0.05, 0) is 36.4 Å². The number of benzene rings is 2. The van der Waals surface area contributed by atoms with E-state index in [1.807, 2.05) is 24.3 Å². The quantitative estimate of drug-likeness (QED) is 0.586. The SMILES string of the molecule is O=C(/C=c1\c(=O)[nH]c2nc3ccccc3n12)Nc1ccc(Cl)cc1. The summed E-state index contributed by atoms with van der Waals surface area (Å²) < 4.78 is 1.64. The van der Waals surface area contributed by atoms with E-state index in [1.165, 1.54) is 6.08 Å². The highest BCUT2D eigenvalue weighted by molar-refractivity contribution is 6.30. The van der Waals surface area contributed by atoms with Crippen LogP contribution in [0.1, 0.15) is 0 Å². The van der Waals surface area contributed by atoms with Crippen LogP contribution in [0, 0.1) is 0 Å². The molecule has 0 saturated heterocycles. The van der Waals surface area contributed by atoms with Gasteiger partial charge in [0, 0.05) is 16.8 Å². The maximum atomic E-state index is 12.2. The lowest BCUT2D eigenvalue weighted by Gasteiger charge is -2.01. The van der Waals surface area contributed by atoms with Crippen molar-refractivity contribution in [2.24, 2.45) is 0 Å². The molecule has 7 heteroatoms. The van der Waals surface area contributed by atoms with E-state index >= 15 is 0 Å². The van der Waals surface area contributed by atoms with Gasteiger partial charge in [-0.15, -0.1) is 0 Å². The Kier molecular flexibility index (Phi) is 3.32. The summed E-state index contributed by atoms with van der Waals surface area (Å²) in [4.78, 5) is 31.4. The van der Waals surface area contributed by atoms with Gasteiger partial charge in [0.05, 0.1) is 11.0 Å². The second-order valence-corrected chi connectivity index (χ2v) is 5.68. The summed E-state index contributed by atoms with van der Waals surface area (Å²) in [7, 11) is 0. The molecule has 6 nitrogen and oxygen atoms in total. The van der Waals surface area contributed by atoms with Gasteiger partial charge in [0.1, 0.15) is 5.35 Å². The number of para-hydroxylation sites is 2. The number of nitrogens with zero attached hydrogens (tertiary/aromatic N) is 2. The third-order valence-electron chi connectivity index (χ3n) is 3.64. The van der Waals surface area contributed by atoms with E-state index in [0.29, 0.717) is 16.5 Å². The number of H-pyrrole nitrogens is 1. The Morgan fingerprint density at radius 1 is 1.17 bits per heavy atom. The molecule has 2 N–H and O–H groups in total.